The summed E-state index contributed by atoms with van der Waals surface area (Å²) < 4.78 is 16.7. The lowest BCUT2D eigenvalue weighted by molar-refractivity contribution is 0.0484. The molecule has 30 heavy (non-hydrogen) atoms. The number of aliphatic imine (C=N–C) groups is 1. The fourth-order valence-corrected chi connectivity index (χ4v) is 3.81. The fourth-order valence-electron chi connectivity index (χ4n) is 3.48. The zero-order valence-corrected chi connectivity index (χ0v) is 21.3. The van der Waals surface area contributed by atoms with Crippen LogP contribution >= 0.6 is 35.6 Å². The number of hydrogen-bond acceptors (Lipinski definition) is 4. The number of nitrogens with zero attached hydrogens (tertiary/aromatic N) is 1. The van der Waals surface area contributed by atoms with Gasteiger partial charge in [0.2, 0.25) is 0 Å². The minimum atomic E-state index is -0.0550. The summed E-state index contributed by atoms with van der Waals surface area (Å²) in [7, 11) is 1.78. The second kappa shape index (κ2) is 16.1. The van der Waals surface area contributed by atoms with E-state index in [1.54, 1.807) is 7.05 Å². The molecule has 172 valence electrons. The minimum absolute atomic E-state index is 0. The highest BCUT2D eigenvalue weighted by atomic mass is 127. The molecular weight excluding hydrogens is 517 g/mol. The molecule has 1 saturated heterocycles. The predicted molar refractivity (Wildman–Crippen MR) is 135 cm³/mol. The quantitative estimate of drug-likeness (QED) is 0.177. The summed E-state index contributed by atoms with van der Waals surface area (Å²) in [5.41, 5.74) is 1.12. The third-order valence-electron chi connectivity index (χ3n) is 5.27. The predicted octanol–water partition coefficient (Wildman–Crippen LogP) is 4.00. The SMILES string of the molecule is CCCCOCCOCCNC(=NC)NCC1(c2ccccc2Cl)CCOCC1.I. The first-order chi connectivity index (χ1) is 14.2. The highest BCUT2D eigenvalue weighted by Crippen LogP contribution is 2.38. The molecule has 1 heterocycles. The number of halogens is 2. The molecule has 0 radical (unpaired) electrons. The lowest BCUT2D eigenvalue weighted by atomic mass is 9.74. The normalized spacial score (nSPS) is 16.0. The van der Waals surface area contributed by atoms with E-state index >= 15 is 0 Å². The third kappa shape index (κ3) is 9.26. The maximum atomic E-state index is 6.53. The Morgan fingerprint density at radius 1 is 1.10 bits per heavy atom. The van der Waals surface area contributed by atoms with Crippen molar-refractivity contribution in [1.29, 1.82) is 0 Å². The first kappa shape index (κ1) is 27.4. The van der Waals surface area contributed by atoms with Gasteiger partial charge in [-0.05, 0) is 30.9 Å². The van der Waals surface area contributed by atoms with E-state index in [1.807, 2.05) is 12.1 Å². The highest BCUT2D eigenvalue weighted by Gasteiger charge is 2.36. The van der Waals surface area contributed by atoms with E-state index in [-0.39, 0.29) is 29.4 Å². The molecule has 0 spiro atoms. The Balaban J connectivity index is 0.00000450. The van der Waals surface area contributed by atoms with Crippen LogP contribution in [0.2, 0.25) is 5.02 Å². The van der Waals surface area contributed by atoms with Crippen LogP contribution in [0, 0.1) is 0 Å². The van der Waals surface area contributed by atoms with Gasteiger partial charge in [0.1, 0.15) is 0 Å². The topological polar surface area (TPSA) is 64.1 Å². The van der Waals surface area contributed by atoms with Gasteiger partial charge < -0.3 is 24.8 Å². The second-order valence-electron chi connectivity index (χ2n) is 7.30. The van der Waals surface area contributed by atoms with Crippen molar-refractivity contribution >= 4 is 41.5 Å². The van der Waals surface area contributed by atoms with Crippen LogP contribution in [0.1, 0.15) is 38.2 Å². The Hall–Kier alpha value is -0.610. The summed E-state index contributed by atoms with van der Waals surface area (Å²) >= 11 is 6.53. The number of hydrogen-bond donors (Lipinski definition) is 2. The van der Waals surface area contributed by atoms with Crippen molar-refractivity contribution in [2.75, 3.05) is 59.8 Å². The van der Waals surface area contributed by atoms with Gasteiger partial charge in [-0.25, -0.2) is 0 Å². The van der Waals surface area contributed by atoms with Crippen LogP contribution in [0.25, 0.3) is 0 Å². The first-order valence-electron chi connectivity index (χ1n) is 10.6. The van der Waals surface area contributed by atoms with Crippen LogP contribution in [0.4, 0.5) is 0 Å². The van der Waals surface area contributed by atoms with Gasteiger partial charge in [-0.2, -0.15) is 0 Å². The highest BCUT2D eigenvalue weighted by molar-refractivity contribution is 14.0. The Bertz CT molecular complexity index is 613. The summed E-state index contributed by atoms with van der Waals surface area (Å²) in [6, 6.07) is 8.11. The molecule has 2 N–H and O–H groups in total. The number of benzene rings is 1. The van der Waals surface area contributed by atoms with Crippen molar-refractivity contribution < 1.29 is 14.2 Å². The monoisotopic (exact) mass is 553 g/mol. The van der Waals surface area contributed by atoms with E-state index in [4.69, 9.17) is 25.8 Å². The zero-order valence-electron chi connectivity index (χ0n) is 18.3. The van der Waals surface area contributed by atoms with Crippen molar-refractivity contribution in [2.45, 2.75) is 38.0 Å². The molecule has 2 rings (SSSR count). The smallest absolute Gasteiger partial charge is 0.191 e. The molecule has 1 aromatic carbocycles. The number of guanidine groups is 1. The van der Waals surface area contributed by atoms with E-state index in [9.17, 15) is 0 Å². The van der Waals surface area contributed by atoms with Crippen LogP contribution in [-0.2, 0) is 19.6 Å². The Labute approximate surface area is 203 Å². The van der Waals surface area contributed by atoms with E-state index in [1.165, 1.54) is 5.56 Å². The molecule has 0 unspecified atom stereocenters. The van der Waals surface area contributed by atoms with E-state index < -0.39 is 0 Å². The molecule has 1 fully saturated rings. The summed E-state index contributed by atoms with van der Waals surface area (Å²) in [6.45, 7) is 7.78. The molecule has 1 aliphatic rings. The van der Waals surface area contributed by atoms with Crippen LogP contribution in [-0.4, -0.2) is 65.7 Å². The lowest BCUT2D eigenvalue weighted by Crippen LogP contribution is -2.48. The molecule has 0 saturated carbocycles. The molecule has 0 aliphatic carbocycles. The summed E-state index contributed by atoms with van der Waals surface area (Å²) in [4.78, 5) is 4.34. The molecule has 1 aliphatic heterocycles. The van der Waals surface area contributed by atoms with Gasteiger partial charge in [-0.1, -0.05) is 43.1 Å². The maximum Gasteiger partial charge on any atom is 0.191 e. The number of nitrogens with one attached hydrogen (secondary N) is 2. The summed E-state index contributed by atoms with van der Waals surface area (Å²) in [5, 5.41) is 7.60. The van der Waals surface area contributed by atoms with Gasteiger partial charge in [0.15, 0.2) is 5.96 Å². The van der Waals surface area contributed by atoms with Crippen molar-refractivity contribution in [3.63, 3.8) is 0 Å². The summed E-state index contributed by atoms with van der Waals surface area (Å²) in [6.07, 6.45) is 4.12. The van der Waals surface area contributed by atoms with Crippen LogP contribution in [0.15, 0.2) is 29.3 Å². The molecule has 0 amide bonds. The van der Waals surface area contributed by atoms with Crippen LogP contribution in [0.5, 0.6) is 0 Å². The number of ether oxygens (including phenoxy) is 3. The second-order valence-corrected chi connectivity index (χ2v) is 7.71. The van der Waals surface area contributed by atoms with Crippen molar-refractivity contribution in [3.8, 4) is 0 Å². The zero-order chi connectivity index (χ0) is 20.8. The van der Waals surface area contributed by atoms with Crippen LogP contribution < -0.4 is 10.6 Å². The van der Waals surface area contributed by atoms with Gasteiger partial charge in [-0.15, -0.1) is 24.0 Å². The Morgan fingerprint density at radius 2 is 1.80 bits per heavy atom. The van der Waals surface area contributed by atoms with Gasteiger partial charge in [0.25, 0.3) is 0 Å². The Morgan fingerprint density at radius 3 is 2.47 bits per heavy atom. The maximum absolute atomic E-state index is 6.53. The van der Waals surface area contributed by atoms with Crippen molar-refractivity contribution in [2.24, 2.45) is 4.99 Å². The average molecular weight is 554 g/mol. The fraction of sp³-hybridized carbons (Fsp3) is 0.682. The number of rotatable bonds is 12. The lowest BCUT2D eigenvalue weighted by Gasteiger charge is -2.38. The largest absolute Gasteiger partial charge is 0.381 e. The molecule has 0 bridgehead atoms. The minimum Gasteiger partial charge on any atom is -0.381 e. The van der Waals surface area contributed by atoms with Gasteiger partial charge in [0.05, 0.1) is 19.8 Å². The van der Waals surface area contributed by atoms with Gasteiger partial charge >= 0.3 is 0 Å². The molecule has 1 aromatic rings. The molecular formula is C22H37ClIN3O3. The molecule has 6 nitrogen and oxygen atoms in total. The molecule has 0 aromatic heterocycles. The molecule has 8 heteroatoms. The Kier molecular flexibility index (Phi) is 14.7. The van der Waals surface area contributed by atoms with Gasteiger partial charge in [-0.3, -0.25) is 4.99 Å². The van der Waals surface area contributed by atoms with E-state index in [2.05, 4.69) is 34.7 Å². The van der Waals surface area contributed by atoms with Crippen molar-refractivity contribution in [1.82, 2.24) is 10.6 Å². The summed E-state index contributed by atoms with van der Waals surface area (Å²) in [5.74, 6) is 0.769. The average Bonchev–Trinajstić information content (AvgIpc) is 2.75. The van der Waals surface area contributed by atoms with E-state index in [0.29, 0.717) is 26.4 Å². The van der Waals surface area contributed by atoms with Gasteiger partial charge in [0, 0.05) is 50.4 Å². The van der Waals surface area contributed by atoms with E-state index in [0.717, 1.165) is 63.0 Å². The first-order valence-corrected chi connectivity index (χ1v) is 11.0. The molecule has 0 atom stereocenters. The number of unbranched alkanes of at least 4 members (excludes halogenated alkanes) is 1. The van der Waals surface area contributed by atoms with Crippen molar-refractivity contribution in [3.05, 3.63) is 34.9 Å². The van der Waals surface area contributed by atoms with Crippen LogP contribution in [0.3, 0.4) is 0 Å². The third-order valence-corrected chi connectivity index (χ3v) is 5.60. The standard InChI is InChI=1S/C22H36ClN3O3.HI/c1-3-4-12-27-16-17-29-15-11-25-21(24-2)26-18-22(9-13-28-14-10-22)19-7-5-6-8-20(19)23;/h5-8H,3-4,9-18H2,1-2H3,(H2,24,25,26);1H.